The van der Waals surface area contributed by atoms with Crippen molar-refractivity contribution in [2.24, 2.45) is 0 Å². The van der Waals surface area contributed by atoms with Crippen molar-refractivity contribution in [3.63, 3.8) is 0 Å². The molecule has 0 aliphatic rings. The third kappa shape index (κ3) is 4.55. The summed E-state index contributed by atoms with van der Waals surface area (Å²) in [4.78, 5) is 0.874. The molecule has 112 valence electrons. The lowest BCUT2D eigenvalue weighted by Gasteiger charge is -2.11. The largest absolute Gasteiger partial charge is 0.310 e. The molecule has 0 aromatic heterocycles. The van der Waals surface area contributed by atoms with Crippen molar-refractivity contribution in [2.75, 3.05) is 0 Å². The van der Waals surface area contributed by atoms with E-state index in [2.05, 4.69) is 5.32 Å². The normalized spacial score (nSPS) is 11.1. The first-order chi connectivity index (χ1) is 9.95. The lowest BCUT2D eigenvalue weighted by molar-refractivity contribution is 0.529. The molecule has 0 fully saturated rings. The van der Waals surface area contributed by atoms with Crippen LogP contribution in [0.3, 0.4) is 0 Å². The van der Waals surface area contributed by atoms with Gasteiger partial charge in [-0.05, 0) is 36.8 Å². The van der Waals surface area contributed by atoms with Crippen molar-refractivity contribution in [3.05, 3.63) is 59.2 Å². The molecule has 0 saturated carbocycles. The predicted octanol–water partition coefficient (Wildman–Crippen LogP) is 4.92. The van der Waals surface area contributed by atoms with Gasteiger partial charge in [0.05, 0.1) is 4.90 Å². The zero-order valence-corrected chi connectivity index (χ0v) is 13.2. The first-order valence-corrected chi connectivity index (χ1v) is 7.73. The Balaban J connectivity index is 2.18. The Morgan fingerprint density at radius 2 is 1.62 bits per heavy atom. The summed E-state index contributed by atoms with van der Waals surface area (Å²) < 4.78 is 28.2. The third-order valence-corrected chi connectivity index (χ3v) is 4.12. The topological polar surface area (TPSA) is 12.0 Å². The fourth-order valence-electron chi connectivity index (χ4n) is 1.86. The quantitative estimate of drug-likeness (QED) is 0.841. The second-order valence-corrected chi connectivity index (χ2v) is 6.42. The number of hydrogen-bond acceptors (Lipinski definition) is 2. The van der Waals surface area contributed by atoms with Crippen LogP contribution in [0.25, 0.3) is 0 Å². The molecule has 0 atom stereocenters. The molecule has 0 spiro atoms. The molecule has 4 heteroatoms. The van der Waals surface area contributed by atoms with E-state index in [-0.39, 0.29) is 10.9 Å². The zero-order valence-electron chi connectivity index (χ0n) is 12.4. The minimum Gasteiger partial charge on any atom is -0.310 e. The van der Waals surface area contributed by atoms with E-state index in [9.17, 15) is 8.78 Å². The molecule has 2 aromatic carbocycles. The van der Waals surface area contributed by atoms with Crippen LogP contribution in [0.5, 0.6) is 0 Å². The number of nitrogens with one attached hydrogen (secondary N) is 1. The van der Waals surface area contributed by atoms with Crippen molar-refractivity contribution in [2.45, 2.75) is 43.1 Å². The van der Waals surface area contributed by atoms with Gasteiger partial charge in [0.25, 0.3) is 0 Å². The van der Waals surface area contributed by atoms with Crippen molar-refractivity contribution >= 4 is 11.8 Å². The summed E-state index contributed by atoms with van der Waals surface area (Å²) in [7, 11) is 0. The maximum absolute atomic E-state index is 14.1. The summed E-state index contributed by atoms with van der Waals surface area (Å²) in [6, 6.07) is 10.7. The van der Waals surface area contributed by atoms with Gasteiger partial charge >= 0.3 is 0 Å². The Morgan fingerprint density at radius 3 is 2.14 bits per heavy atom. The molecule has 0 heterocycles. The summed E-state index contributed by atoms with van der Waals surface area (Å²) in [6.45, 7) is 6.43. The van der Waals surface area contributed by atoms with Crippen molar-refractivity contribution in [1.29, 1.82) is 0 Å². The molecule has 0 saturated heterocycles. The molecule has 0 amide bonds. The van der Waals surface area contributed by atoms with E-state index in [0.717, 1.165) is 22.2 Å². The summed E-state index contributed by atoms with van der Waals surface area (Å²) in [5, 5.41) is 3.15. The molecule has 1 nitrogen and oxygen atoms in total. The molecular formula is C17H19F2NS. The van der Waals surface area contributed by atoms with E-state index in [0.29, 0.717) is 12.1 Å². The zero-order chi connectivity index (χ0) is 15.4. The number of aryl methyl sites for hydroxylation is 1. The number of rotatable bonds is 5. The second-order valence-electron chi connectivity index (χ2n) is 5.34. The van der Waals surface area contributed by atoms with Crippen LogP contribution >= 0.6 is 11.8 Å². The van der Waals surface area contributed by atoms with Gasteiger partial charge in [-0.2, -0.15) is 0 Å². The molecule has 1 N–H and O–H groups in total. The average molecular weight is 307 g/mol. The highest BCUT2D eigenvalue weighted by Gasteiger charge is 2.13. The second kappa shape index (κ2) is 7.05. The van der Waals surface area contributed by atoms with E-state index in [1.165, 1.54) is 12.1 Å². The average Bonchev–Trinajstić information content (AvgIpc) is 2.42. The minimum atomic E-state index is -0.513. The van der Waals surface area contributed by atoms with Gasteiger partial charge in [-0.3, -0.25) is 0 Å². The minimum absolute atomic E-state index is 0.0483. The van der Waals surface area contributed by atoms with Gasteiger partial charge in [-0.1, -0.05) is 43.3 Å². The molecule has 0 unspecified atom stereocenters. The Bertz CT molecular complexity index is 586. The molecule has 0 aliphatic carbocycles. The summed E-state index contributed by atoms with van der Waals surface area (Å²) >= 11 is 1.11. The number of halogens is 2. The van der Waals surface area contributed by atoms with Crippen LogP contribution in [-0.4, -0.2) is 6.04 Å². The van der Waals surface area contributed by atoms with Crippen LogP contribution in [0.15, 0.2) is 46.2 Å². The summed E-state index contributed by atoms with van der Waals surface area (Å²) in [6.07, 6.45) is 0. The maximum Gasteiger partial charge on any atom is 0.140 e. The van der Waals surface area contributed by atoms with Crippen LogP contribution in [-0.2, 0) is 6.54 Å². The van der Waals surface area contributed by atoms with Crippen molar-refractivity contribution < 1.29 is 8.78 Å². The van der Waals surface area contributed by atoms with Crippen LogP contribution in [0.2, 0.25) is 0 Å². The lowest BCUT2D eigenvalue weighted by Crippen LogP contribution is -2.22. The first-order valence-electron chi connectivity index (χ1n) is 6.91. The highest BCUT2D eigenvalue weighted by atomic mass is 32.2. The van der Waals surface area contributed by atoms with Crippen LogP contribution in [0, 0.1) is 18.6 Å². The fraction of sp³-hybridized carbons (Fsp3) is 0.294. The Hall–Kier alpha value is -1.39. The smallest absolute Gasteiger partial charge is 0.140 e. The van der Waals surface area contributed by atoms with Gasteiger partial charge in [0.15, 0.2) is 0 Å². The van der Waals surface area contributed by atoms with Gasteiger partial charge in [-0.15, -0.1) is 0 Å². The summed E-state index contributed by atoms with van der Waals surface area (Å²) in [5.41, 5.74) is 1.74. The van der Waals surface area contributed by atoms with E-state index < -0.39 is 11.6 Å². The highest BCUT2D eigenvalue weighted by molar-refractivity contribution is 7.99. The van der Waals surface area contributed by atoms with Gasteiger partial charge in [0.1, 0.15) is 11.6 Å². The summed E-state index contributed by atoms with van der Waals surface area (Å²) in [5.74, 6) is -1.03. The molecule has 2 rings (SSSR count). The predicted molar refractivity (Wildman–Crippen MR) is 83.6 cm³/mol. The standard InChI is InChI=1S/C17H19F2NS/c1-11(2)20-10-13-8-15(18)17(16(19)9-13)21-14-6-4-12(3)5-7-14/h4-9,11,20H,10H2,1-3H3. The molecule has 0 aliphatic heterocycles. The molecule has 21 heavy (non-hydrogen) atoms. The molecule has 2 aromatic rings. The Kier molecular flexibility index (Phi) is 5.37. The molecule has 0 radical (unpaired) electrons. The Labute approximate surface area is 128 Å². The van der Waals surface area contributed by atoms with Gasteiger partial charge < -0.3 is 5.32 Å². The van der Waals surface area contributed by atoms with Crippen molar-refractivity contribution in [3.8, 4) is 0 Å². The van der Waals surface area contributed by atoms with Gasteiger partial charge in [0, 0.05) is 17.5 Å². The Morgan fingerprint density at radius 1 is 1.05 bits per heavy atom. The van der Waals surface area contributed by atoms with Crippen LogP contribution in [0.4, 0.5) is 8.78 Å². The number of hydrogen-bond donors (Lipinski definition) is 1. The van der Waals surface area contributed by atoms with E-state index in [1.54, 1.807) is 0 Å². The highest BCUT2D eigenvalue weighted by Crippen LogP contribution is 2.32. The monoisotopic (exact) mass is 307 g/mol. The van der Waals surface area contributed by atoms with E-state index in [1.807, 2.05) is 45.0 Å². The molecular weight excluding hydrogens is 288 g/mol. The van der Waals surface area contributed by atoms with Gasteiger partial charge in [0.2, 0.25) is 0 Å². The number of benzene rings is 2. The molecule has 0 bridgehead atoms. The van der Waals surface area contributed by atoms with Crippen LogP contribution in [0.1, 0.15) is 25.0 Å². The van der Waals surface area contributed by atoms with Gasteiger partial charge in [-0.25, -0.2) is 8.78 Å². The van der Waals surface area contributed by atoms with E-state index >= 15 is 0 Å². The van der Waals surface area contributed by atoms with Crippen LogP contribution < -0.4 is 5.32 Å². The lowest BCUT2D eigenvalue weighted by atomic mass is 10.2. The third-order valence-electron chi connectivity index (χ3n) is 3.01. The first kappa shape index (κ1) is 16.0. The SMILES string of the molecule is Cc1ccc(Sc2c(F)cc(CNC(C)C)cc2F)cc1. The maximum atomic E-state index is 14.1. The fourth-order valence-corrected chi connectivity index (χ4v) is 2.68. The van der Waals surface area contributed by atoms with E-state index in [4.69, 9.17) is 0 Å². The van der Waals surface area contributed by atoms with Crippen molar-refractivity contribution in [1.82, 2.24) is 5.32 Å².